The third-order valence-corrected chi connectivity index (χ3v) is 9.13. The summed E-state index contributed by atoms with van der Waals surface area (Å²) in [5, 5.41) is 7.80. The smallest absolute Gasteiger partial charge is 0.0547 e. The number of halogens is 1. The van der Waals surface area contributed by atoms with E-state index in [0.29, 0.717) is 0 Å². The molecule has 0 radical (unpaired) electrons. The molecule has 0 fully saturated rings. The molecule has 8 rings (SSSR count). The Morgan fingerprint density at radius 1 is 0.514 bits per heavy atom. The highest BCUT2D eigenvalue weighted by Crippen LogP contribution is 2.40. The molecule has 0 aliphatic rings. The van der Waals surface area contributed by atoms with Crippen molar-refractivity contribution in [2.75, 3.05) is 0 Å². The van der Waals surface area contributed by atoms with Crippen molar-refractivity contribution in [1.82, 2.24) is 4.57 Å². The van der Waals surface area contributed by atoms with Crippen molar-refractivity contribution in [2.24, 2.45) is 0 Å². The Bertz CT molecular complexity index is 2150. The van der Waals surface area contributed by atoms with Crippen molar-refractivity contribution in [3.8, 4) is 16.8 Å². The maximum atomic E-state index is 3.58. The zero-order valence-corrected chi connectivity index (χ0v) is 22.2. The van der Waals surface area contributed by atoms with E-state index in [9.17, 15) is 0 Å². The maximum Gasteiger partial charge on any atom is 0.0547 e. The van der Waals surface area contributed by atoms with Crippen LogP contribution in [0.25, 0.3) is 69.6 Å². The second-order valence-electron chi connectivity index (χ2n) is 9.53. The van der Waals surface area contributed by atoms with E-state index in [1.807, 2.05) is 11.3 Å². The minimum Gasteiger partial charge on any atom is -0.309 e. The van der Waals surface area contributed by atoms with Gasteiger partial charge in [0.2, 0.25) is 0 Å². The summed E-state index contributed by atoms with van der Waals surface area (Å²) in [5.41, 5.74) is 6.09. The molecule has 0 atom stereocenters. The fourth-order valence-electron chi connectivity index (χ4n) is 5.74. The maximum absolute atomic E-state index is 3.58. The van der Waals surface area contributed by atoms with E-state index in [1.54, 1.807) is 0 Å². The first-order chi connectivity index (χ1) is 18.2. The summed E-state index contributed by atoms with van der Waals surface area (Å²) in [7, 11) is 0. The quantitative estimate of drug-likeness (QED) is 0.200. The molecule has 0 saturated carbocycles. The fraction of sp³-hybridized carbons (Fsp3) is 0. The van der Waals surface area contributed by atoms with Gasteiger partial charge in [-0.3, -0.25) is 0 Å². The summed E-state index contributed by atoms with van der Waals surface area (Å²) in [6.45, 7) is 0. The highest BCUT2D eigenvalue weighted by molar-refractivity contribution is 9.10. The summed E-state index contributed by atoms with van der Waals surface area (Å²) in [6, 6.07) is 44.4. The van der Waals surface area contributed by atoms with Gasteiger partial charge in [0.05, 0.1) is 11.0 Å². The molecular formula is C34H20BrNS. The van der Waals surface area contributed by atoms with Gasteiger partial charge >= 0.3 is 0 Å². The average Bonchev–Trinajstić information content (AvgIpc) is 3.48. The number of hydrogen-bond donors (Lipinski definition) is 0. The van der Waals surface area contributed by atoms with E-state index in [-0.39, 0.29) is 0 Å². The van der Waals surface area contributed by atoms with Crippen LogP contribution in [0.3, 0.4) is 0 Å². The number of thiophene rings is 1. The number of nitrogens with zero attached hydrogens (tertiary/aromatic N) is 1. The Kier molecular flexibility index (Phi) is 4.61. The third kappa shape index (κ3) is 3.21. The lowest BCUT2D eigenvalue weighted by Crippen LogP contribution is -1.94. The molecule has 0 spiro atoms. The predicted molar refractivity (Wildman–Crippen MR) is 164 cm³/mol. The first kappa shape index (κ1) is 21.2. The van der Waals surface area contributed by atoms with Crippen LogP contribution in [-0.4, -0.2) is 4.57 Å². The Hall–Kier alpha value is -3.92. The molecule has 2 aromatic heterocycles. The molecule has 0 aliphatic heterocycles. The van der Waals surface area contributed by atoms with Gasteiger partial charge < -0.3 is 4.57 Å². The van der Waals surface area contributed by atoms with Crippen LogP contribution >= 0.6 is 27.3 Å². The van der Waals surface area contributed by atoms with Gasteiger partial charge in [-0.25, -0.2) is 0 Å². The molecule has 0 aliphatic carbocycles. The normalized spacial score (nSPS) is 11.9. The van der Waals surface area contributed by atoms with Crippen molar-refractivity contribution in [3.63, 3.8) is 0 Å². The SMILES string of the molecule is Brc1ccc(-c2ccc3c4c5ccccc5ccc4n(-c4ccc5sc6ccccc6c5c4)c3c2)cc1. The molecule has 6 aromatic carbocycles. The minimum absolute atomic E-state index is 1.09. The fourth-order valence-corrected chi connectivity index (χ4v) is 7.09. The van der Waals surface area contributed by atoms with Gasteiger partial charge in [0.25, 0.3) is 0 Å². The number of hydrogen-bond acceptors (Lipinski definition) is 1. The first-order valence-electron chi connectivity index (χ1n) is 12.4. The van der Waals surface area contributed by atoms with E-state index in [4.69, 9.17) is 0 Å². The van der Waals surface area contributed by atoms with Gasteiger partial charge in [-0.15, -0.1) is 11.3 Å². The number of fused-ring (bicyclic) bond motifs is 8. The molecule has 2 heterocycles. The molecule has 0 amide bonds. The highest BCUT2D eigenvalue weighted by atomic mass is 79.9. The Morgan fingerprint density at radius 3 is 2.16 bits per heavy atom. The van der Waals surface area contributed by atoms with Crippen LogP contribution < -0.4 is 0 Å². The first-order valence-corrected chi connectivity index (χ1v) is 14.0. The Morgan fingerprint density at radius 2 is 1.27 bits per heavy atom. The Balaban J connectivity index is 1.49. The standard InChI is InChI=1S/C34H20BrNS/c35-24-13-9-21(10-14-24)23-11-16-28-31(19-23)36(30-17-12-22-5-1-2-6-26(22)34(28)30)25-15-18-33-29(20-25)27-7-3-4-8-32(27)37-33/h1-20H. The minimum atomic E-state index is 1.09. The van der Waals surface area contributed by atoms with E-state index >= 15 is 0 Å². The summed E-state index contributed by atoms with van der Waals surface area (Å²) in [5.74, 6) is 0. The van der Waals surface area contributed by atoms with Crippen LogP contribution in [0.1, 0.15) is 0 Å². The molecule has 174 valence electrons. The molecule has 8 aromatic rings. The molecule has 0 saturated heterocycles. The van der Waals surface area contributed by atoms with Crippen LogP contribution in [0.4, 0.5) is 0 Å². The molecule has 37 heavy (non-hydrogen) atoms. The molecule has 0 bridgehead atoms. The highest BCUT2D eigenvalue weighted by Gasteiger charge is 2.17. The lowest BCUT2D eigenvalue weighted by molar-refractivity contribution is 1.19. The molecule has 0 N–H and O–H groups in total. The van der Waals surface area contributed by atoms with E-state index < -0.39 is 0 Å². The Labute approximate surface area is 226 Å². The van der Waals surface area contributed by atoms with E-state index in [0.717, 1.165) is 4.47 Å². The van der Waals surface area contributed by atoms with Crippen LogP contribution in [0.2, 0.25) is 0 Å². The predicted octanol–water partition coefficient (Wildman–Crippen LogP) is 10.7. The summed E-state index contributed by atoms with van der Waals surface area (Å²) in [6.07, 6.45) is 0. The van der Waals surface area contributed by atoms with Crippen LogP contribution in [0, 0.1) is 0 Å². The number of aromatic nitrogens is 1. The topological polar surface area (TPSA) is 4.93 Å². The van der Waals surface area contributed by atoms with Crippen LogP contribution in [0.5, 0.6) is 0 Å². The average molecular weight is 555 g/mol. The monoisotopic (exact) mass is 553 g/mol. The molecule has 0 unspecified atom stereocenters. The number of benzene rings is 6. The zero-order chi connectivity index (χ0) is 24.5. The van der Waals surface area contributed by atoms with Gasteiger partial charge in [0.15, 0.2) is 0 Å². The summed E-state index contributed by atoms with van der Waals surface area (Å²) < 4.78 is 6.20. The second kappa shape index (κ2) is 8.04. The summed E-state index contributed by atoms with van der Waals surface area (Å²) in [4.78, 5) is 0. The van der Waals surface area contributed by atoms with E-state index in [2.05, 4.69) is 142 Å². The lowest BCUT2D eigenvalue weighted by Gasteiger charge is -2.10. The van der Waals surface area contributed by atoms with Crippen LogP contribution in [0.15, 0.2) is 126 Å². The molecular weight excluding hydrogens is 534 g/mol. The number of rotatable bonds is 2. The third-order valence-electron chi connectivity index (χ3n) is 7.45. The van der Waals surface area contributed by atoms with Gasteiger partial charge in [-0.2, -0.15) is 0 Å². The van der Waals surface area contributed by atoms with Gasteiger partial charge in [0, 0.05) is 41.1 Å². The van der Waals surface area contributed by atoms with Crippen molar-refractivity contribution in [1.29, 1.82) is 0 Å². The zero-order valence-electron chi connectivity index (χ0n) is 19.8. The van der Waals surface area contributed by atoms with Crippen molar-refractivity contribution < 1.29 is 0 Å². The van der Waals surface area contributed by atoms with Crippen LogP contribution in [-0.2, 0) is 0 Å². The van der Waals surface area contributed by atoms with Crippen molar-refractivity contribution in [3.05, 3.63) is 126 Å². The summed E-state index contributed by atoms with van der Waals surface area (Å²) >= 11 is 5.44. The largest absolute Gasteiger partial charge is 0.309 e. The van der Waals surface area contributed by atoms with Gasteiger partial charge in [-0.1, -0.05) is 88.7 Å². The van der Waals surface area contributed by atoms with E-state index in [1.165, 1.54) is 69.6 Å². The molecule has 3 heteroatoms. The van der Waals surface area contributed by atoms with Crippen molar-refractivity contribution in [2.45, 2.75) is 0 Å². The lowest BCUT2D eigenvalue weighted by atomic mass is 10.0. The second-order valence-corrected chi connectivity index (χ2v) is 11.5. The molecule has 1 nitrogen and oxygen atoms in total. The van der Waals surface area contributed by atoms with Crippen molar-refractivity contribution >= 4 is 80.0 Å². The van der Waals surface area contributed by atoms with Gasteiger partial charge in [0.1, 0.15) is 0 Å². The van der Waals surface area contributed by atoms with Gasteiger partial charge in [-0.05, 0) is 70.4 Å².